The van der Waals surface area contributed by atoms with E-state index in [-0.39, 0.29) is 17.6 Å². The van der Waals surface area contributed by atoms with E-state index in [0.717, 1.165) is 25.2 Å². The van der Waals surface area contributed by atoms with Crippen molar-refractivity contribution in [2.45, 2.75) is 26.3 Å². The number of benzene rings is 2. The van der Waals surface area contributed by atoms with Crippen LogP contribution in [0.4, 0.5) is 17.1 Å². The number of amides is 1. The lowest BCUT2D eigenvalue weighted by atomic mass is 10.1. The van der Waals surface area contributed by atoms with Crippen molar-refractivity contribution >= 4 is 34.6 Å². The Morgan fingerprint density at radius 2 is 1.90 bits per heavy atom. The molecule has 1 saturated heterocycles. The number of quaternary nitrogens is 1. The van der Waals surface area contributed by atoms with Crippen molar-refractivity contribution in [1.29, 1.82) is 0 Å². The molecule has 154 valence electrons. The Kier molecular flexibility index (Phi) is 6.71. The Labute approximate surface area is 175 Å². The Morgan fingerprint density at radius 1 is 1.24 bits per heavy atom. The van der Waals surface area contributed by atoms with Crippen LogP contribution in [-0.2, 0) is 11.2 Å². The van der Waals surface area contributed by atoms with Crippen LogP contribution in [0.25, 0.3) is 0 Å². The Balaban J connectivity index is 1.60. The van der Waals surface area contributed by atoms with Gasteiger partial charge in [0.25, 0.3) is 11.6 Å². The molecule has 29 heavy (non-hydrogen) atoms. The van der Waals surface area contributed by atoms with E-state index in [2.05, 4.69) is 12.2 Å². The maximum absolute atomic E-state index is 12.6. The maximum atomic E-state index is 12.6. The van der Waals surface area contributed by atoms with Crippen molar-refractivity contribution in [2.24, 2.45) is 0 Å². The van der Waals surface area contributed by atoms with E-state index in [1.54, 1.807) is 12.1 Å². The number of carbonyl (C=O) groups excluding carboxylic acids is 1. The normalized spacial score (nSPS) is 15.8. The number of nitrogens with zero attached hydrogens (tertiary/aromatic N) is 2. The molecule has 3 rings (SSSR count). The topological polar surface area (TPSA) is 79.9 Å². The fourth-order valence-electron chi connectivity index (χ4n) is 3.64. The van der Waals surface area contributed by atoms with Gasteiger partial charge in [0.15, 0.2) is 6.04 Å². The Hall–Kier alpha value is -2.64. The minimum Gasteiger partial charge on any atom is -0.355 e. The molecule has 0 aliphatic carbocycles. The summed E-state index contributed by atoms with van der Waals surface area (Å²) < 4.78 is 0. The van der Waals surface area contributed by atoms with E-state index in [9.17, 15) is 14.9 Å². The quantitative estimate of drug-likeness (QED) is 0.559. The van der Waals surface area contributed by atoms with E-state index in [4.69, 9.17) is 11.6 Å². The number of aryl methyl sites for hydroxylation is 1. The summed E-state index contributed by atoms with van der Waals surface area (Å²) in [4.78, 5) is 26.8. The number of halogens is 1. The second kappa shape index (κ2) is 9.24. The average Bonchev–Trinajstić information content (AvgIpc) is 2.73. The highest BCUT2D eigenvalue weighted by molar-refractivity contribution is 6.30. The minimum atomic E-state index is -0.402. The molecule has 2 aromatic rings. The Morgan fingerprint density at radius 3 is 2.48 bits per heavy atom. The van der Waals surface area contributed by atoms with Gasteiger partial charge in [-0.3, -0.25) is 14.9 Å². The van der Waals surface area contributed by atoms with Crippen molar-refractivity contribution in [2.75, 3.05) is 36.4 Å². The number of piperazine rings is 1. The number of nitrogens with one attached hydrogen (secondary N) is 2. The minimum absolute atomic E-state index is 0.0160. The predicted molar refractivity (Wildman–Crippen MR) is 115 cm³/mol. The summed E-state index contributed by atoms with van der Waals surface area (Å²) in [5.41, 5.74) is 2.62. The fraction of sp³-hybridized carbons (Fsp3) is 0.381. The summed E-state index contributed by atoms with van der Waals surface area (Å²) >= 11 is 5.91. The van der Waals surface area contributed by atoms with Gasteiger partial charge in [0, 0.05) is 16.8 Å². The molecule has 0 radical (unpaired) electrons. The SMILES string of the molecule is CCc1ccc(NC(=O)[C@H](C)[NH+]2CCN(c3ccc(Cl)cc3[N+](=O)[O-])CC2)cc1. The lowest BCUT2D eigenvalue weighted by molar-refractivity contribution is -0.914. The average molecular weight is 418 g/mol. The van der Waals surface area contributed by atoms with Crippen LogP contribution in [0.5, 0.6) is 0 Å². The summed E-state index contributed by atoms with van der Waals surface area (Å²) in [6.07, 6.45) is 0.963. The van der Waals surface area contributed by atoms with Gasteiger partial charge in [0.05, 0.1) is 31.1 Å². The molecule has 1 aliphatic rings. The van der Waals surface area contributed by atoms with E-state index in [1.165, 1.54) is 16.5 Å². The van der Waals surface area contributed by atoms with E-state index < -0.39 is 4.92 Å². The molecule has 2 N–H and O–H groups in total. The van der Waals surface area contributed by atoms with Crippen LogP contribution in [0.2, 0.25) is 5.02 Å². The third kappa shape index (κ3) is 5.05. The van der Waals surface area contributed by atoms with Crippen LogP contribution < -0.4 is 15.1 Å². The highest BCUT2D eigenvalue weighted by atomic mass is 35.5. The molecule has 0 aromatic heterocycles. The molecule has 0 saturated carbocycles. The summed E-state index contributed by atoms with van der Waals surface area (Å²) in [7, 11) is 0. The second-order valence-electron chi connectivity index (χ2n) is 7.30. The van der Waals surface area contributed by atoms with Gasteiger partial charge in [-0.15, -0.1) is 0 Å². The van der Waals surface area contributed by atoms with Crippen LogP contribution in [0.1, 0.15) is 19.4 Å². The lowest BCUT2D eigenvalue weighted by Gasteiger charge is -2.35. The molecule has 0 bridgehead atoms. The summed E-state index contributed by atoms with van der Waals surface area (Å²) in [6.45, 7) is 6.75. The molecule has 7 nitrogen and oxygen atoms in total. The van der Waals surface area contributed by atoms with Gasteiger partial charge in [-0.1, -0.05) is 30.7 Å². The summed E-state index contributed by atoms with van der Waals surface area (Å²) in [5, 5.41) is 14.7. The summed E-state index contributed by atoms with van der Waals surface area (Å²) in [6, 6.07) is 12.4. The molecule has 2 aromatic carbocycles. The molecule has 0 spiro atoms. The largest absolute Gasteiger partial charge is 0.355 e. The molecule has 1 amide bonds. The first-order valence-corrected chi connectivity index (χ1v) is 10.2. The maximum Gasteiger partial charge on any atom is 0.294 e. The van der Waals surface area contributed by atoms with Crippen molar-refractivity contribution in [3.63, 3.8) is 0 Å². The van der Waals surface area contributed by atoms with Gasteiger partial charge >= 0.3 is 0 Å². The van der Waals surface area contributed by atoms with Crippen LogP contribution in [-0.4, -0.2) is 43.1 Å². The van der Waals surface area contributed by atoms with Gasteiger partial charge < -0.3 is 15.1 Å². The van der Waals surface area contributed by atoms with E-state index in [1.807, 2.05) is 36.1 Å². The number of rotatable bonds is 6. The molecular formula is C21H26ClN4O3+. The Bertz CT molecular complexity index is 880. The smallest absolute Gasteiger partial charge is 0.294 e. The van der Waals surface area contributed by atoms with Crippen molar-refractivity contribution in [3.8, 4) is 0 Å². The summed E-state index contributed by atoms with van der Waals surface area (Å²) in [5.74, 6) is -0.0184. The van der Waals surface area contributed by atoms with Crippen LogP contribution in [0, 0.1) is 10.1 Å². The van der Waals surface area contributed by atoms with E-state index >= 15 is 0 Å². The van der Waals surface area contributed by atoms with Gasteiger partial charge in [0.1, 0.15) is 5.69 Å². The zero-order valence-corrected chi connectivity index (χ0v) is 17.4. The lowest BCUT2D eigenvalue weighted by Crippen LogP contribution is -3.19. The van der Waals surface area contributed by atoms with Gasteiger partial charge in [-0.25, -0.2) is 0 Å². The third-order valence-corrected chi connectivity index (χ3v) is 5.75. The van der Waals surface area contributed by atoms with Crippen LogP contribution >= 0.6 is 11.6 Å². The van der Waals surface area contributed by atoms with Crippen LogP contribution in [0.15, 0.2) is 42.5 Å². The molecular weight excluding hydrogens is 392 g/mol. The first-order chi connectivity index (χ1) is 13.9. The fourth-order valence-corrected chi connectivity index (χ4v) is 3.80. The second-order valence-corrected chi connectivity index (χ2v) is 7.73. The molecule has 1 fully saturated rings. The zero-order valence-electron chi connectivity index (χ0n) is 16.7. The van der Waals surface area contributed by atoms with E-state index in [0.29, 0.717) is 23.8 Å². The first kappa shape index (κ1) is 21.1. The van der Waals surface area contributed by atoms with Crippen molar-refractivity contribution in [1.82, 2.24) is 0 Å². The molecule has 1 heterocycles. The first-order valence-electron chi connectivity index (χ1n) is 9.82. The number of nitro benzene ring substituents is 1. The number of carbonyl (C=O) groups is 1. The molecule has 8 heteroatoms. The monoisotopic (exact) mass is 417 g/mol. The van der Waals surface area contributed by atoms with Crippen molar-refractivity contribution in [3.05, 3.63) is 63.2 Å². The van der Waals surface area contributed by atoms with Gasteiger partial charge in [-0.05, 0) is 43.2 Å². The molecule has 1 atom stereocenters. The number of hydrogen-bond donors (Lipinski definition) is 2. The van der Waals surface area contributed by atoms with Gasteiger partial charge in [0.2, 0.25) is 0 Å². The third-order valence-electron chi connectivity index (χ3n) is 5.52. The molecule has 1 aliphatic heterocycles. The number of anilines is 2. The zero-order chi connectivity index (χ0) is 21.0. The van der Waals surface area contributed by atoms with Crippen LogP contribution in [0.3, 0.4) is 0 Å². The predicted octanol–water partition coefficient (Wildman–Crippen LogP) is 2.54. The highest BCUT2D eigenvalue weighted by Crippen LogP contribution is 2.30. The molecule has 0 unspecified atom stereocenters. The highest BCUT2D eigenvalue weighted by Gasteiger charge is 2.31. The standard InChI is InChI=1S/C21H25ClN4O3/c1-3-16-4-7-18(8-5-16)23-21(27)15(2)24-10-12-25(13-11-24)19-9-6-17(22)14-20(19)26(28)29/h4-9,14-15H,3,10-13H2,1-2H3,(H,23,27)/p+1/t15-/m0/s1. The van der Waals surface area contributed by atoms with Gasteiger partial charge in [-0.2, -0.15) is 0 Å². The van der Waals surface area contributed by atoms with Crippen molar-refractivity contribution < 1.29 is 14.6 Å². The number of nitro groups is 1. The number of hydrogen-bond acceptors (Lipinski definition) is 4.